The molecule has 31 heavy (non-hydrogen) atoms. The number of amides is 1. The number of esters is 1. The van der Waals surface area contributed by atoms with Gasteiger partial charge in [-0.1, -0.05) is 18.2 Å². The average molecular weight is 418 g/mol. The van der Waals surface area contributed by atoms with E-state index in [2.05, 4.69) is 15.1 Å². The number of ether oxygens (including phenoxy) is 1. The highest BCUT2D eigenvalue weighted by molar-refractivity contribution is 5.96. The van der Waals surface area contributed by atoms with E-state index in [0.717, 1.165) is 28.2 Å². The molecule has 6 nitrogen and oxygen atoms in total. The molecular formula is C25H27N3O3. The van der Waals surface area contributed by atoms with E-state index in [9.17, 15) is 9.59 Å². The van der Waals surface area contributed by atoms with E-state index < -0.39 is 0 Å². The maximum Gasteiger partial charge on any atom is 0.338 e. The molecule has 1 heterocycles. The minimum absolute atomic E-state index is 0.158. The molecule has 1 aromatic heterocycles. The van der Waals surface area contributed by atoms with Crippen LogP contribution in [0.25, 0.3) is 5.69 Å². The minimum atomic E-state index is -0.334. The second kappa shape index (κ2) is 9.43. The molecule has 0 aliphatic rings. The molecule has 160 valence electrons. The third-order valence-electron chi connectivity index (χ3n) is 4.93. The number of hydrogen-bond acceptors (Lipinski definition) is 4. The molecule has 6 heteroatoms. The number of carbonyl (C=O) groups is 2. The lowest BCUT2D eigenvalue weighted by molar-refractivity contribution is 0.0378. The van der Waals surface area contributed by atoms with Crippen LogP contribution in [0.15, 0.2) is 59.7 Å². The number of aromatic nitrogens is 1. The summed E-state index contributed by atoms with van der Waals surface area (Å²) in [5.74, 6) is -0.577. The lowest BCUT2D eigenvalue weighted by Crippen LogP contribution is -2.18. The van der Waals surface area contributed by atoms with Crippen molar-refractivity contribution in [2.45, 2.75) is 40.7 Å². The quantitative estimate of drug-likeness (QED) is 0.358. The molecule has 3 rings (SSSR count). The second-order valence-corrected chi connectivity index (χ2v) is 7.68. The number of rotatable bonds is 6. The SMILES string of the molecule is Cc1ccccc1C(=O)N/N=C\c1cc(C)n(-c2ccc(C(=O)OC(C)C)cc2)c1C. The maximum atomic E-state index is 12.3. The topological polar surface area (TPSA) is 72.7 Å². The molecule has 0 aliphatic carbocycles. The molecule has 0 atom stereocenters. The first-order chi connectivity index (χ1) is 14.8. The van der Waals surface area contributed by atoms with Gasteiger partial charge in [-0.25, -0.2) is 10.2 Å². The Bertz CT molecular complexity index is 1130. The summed E-state index contributed by atoms with van der Waals surface area (Å²) < 4.78 is 7.31. The fourth-order valence-electron chi connectivity index (χ4n) is 3.39. The van der Waals surface area contributed by atoms with Crippen LogP contribution < -0.4 is 5.43 Å². The van der Waals surface area contributed by atoms with Gasteiger partial charge < -0.3 is 9.30 Å². The van der Waals surface area contributed by atoms with Crippen LogP contribution >= 0.6 is 0 Å². The number of aryl methyl sites for hydroxylation is 2. The molecule has 1 N–H and O–H groups in total. The van der Waals surface area contributed by atoms with E-state index in [-0.39, 0.29) is 18.0 Å². The minimum Gasteiger partial charge on any atom is -0.459 e. The van der Waals surface area contributed by atoms with Crippen molar-refractivity contribution in [3.8, 4) is 5.69 Å². The van der Waals surface area contributed by atoms with Gasteiger partial charge in [-0.05, 0) is 76.6 Å². The number of carbonyl (C=O) groups excluding carboxylic acids is 2. The Labute approximate surface area is 182 Å². The van der Waals surface area contributed by atoms with Crippen molar-refractivity contribution in [1.29, 1.82) is 0 Å². The van der Waals surface area contributed by atoms with Crippen molar-refractivity contribution in [1.82, 2.24) is 9.99 Å². The second-order valence-electron chi connectivity index (χ2n) is 7.68. The highest BCUT2D eigenvalue weighted by Gasteiger charge is 2.13. The normalized spacial score (nSPS) is 11.2. The molecule has 2 aromatic carbocycles. The Morgan fingerprint density at radius 2 is 1.71 bits per heavy atom. The number of nitrogens with one attached hydrogen (secondary N) is 1. The Hall–Kier alpha value is -3.67. The van der Waals surface area contributed by atoms with E-state index in [4.69, 9.17) is 4.74 Å². The van der Waals surface area contributed by atoms with Crippen LogP contribution in [0.3, 0.4) is 0 Å². The first-order valence-corrected chi connectivity index (χ1v) is 10.2. The van der Waals surface area contributed by atoms with E-state index in [1.807, 2.05) is 71.0 Å². The third-order valence-corrected chi connectivity index (χ3v) is 4.93. The van der Waals surface area contributed by atoms with Crippen molar-refractivity contribution in [3.63, 3.8) is 0 Å². The zero-order valence-electron chi connectivity index (χ0n) is 18.5. The molecule has 0 spiro atoms. The lowest BCUT2D eigenvalue weighted by Gasteiger charge is -2.11. The highest BCUT2D eigenvalue weighted by Crippen LogP contribution is 2.20. The molecule has 0 bridgehead atoms. The fourth-order valence-corrected chi connectivity index (χ4v) is 3.39. The summed E-state index contributed by atoms with van der Waals surface area (Å²) >= 11 is 0. The van der Waals surface area contributed by atoms with E-state index in [0.29, 0.717) is 11.1 Å². The van der Waals surface area contributed by atoms with E-state index in [1.54, 1.807) is 24.4 Å². The molecule has 0 fully saturated rings. The molecule has 0 unspecified atom stereocenters. The van der Waals surface area contributed by atoms with Gasteiger partial charge in [0.25, 0.3) is 5.91 Å². The van der Waals surface area contributed by atoms with Gasteiger partial charge in [0.05, 0.1) is 17.9 Å². The van der Waals surface area contributed by atoms with Crippen LogP contribution in [-0.2, 0) is 4.74 Å². The number of nitrogens with zero attached hydrogens (tertiary/aromatic N) is 2. The van der Waals surface area contributed by atoms with Crippen molar-refractivity contribution < 1.29 is 14.3 Å². The monoisotopic (exact) mass is 417 g/mol. The summed E-state index contributed by atoms with van der Waals surface area (Å²) in [7, 11) is 0. The molecule has 3 aromatic rings. The van der Waals surface area contributed by atoms with Crippen LogP contribution in [0.2, 0.25) is 0 Å². The molecule has 1 amide bonds. The van der Waals surface area contributed by atoms with E-state index in [1.165, 1.54) is 0 Å². The zero-order chi connectivity index (χ0) is 22.5. The molecular weight excluding hydrogens is 390 g/mol. The van der Waals surface area contributed by atoms with Gasteiger partial charge in [0.2, 0.25) is 0 Å². The van der Waals surface area contributed by atoms with Gasteiger partial charge in [-0.2, -0.15) is 5.10 Å². The summed E-state index contributed by atoms with van der Waals surface area (Å²) in [6, 6.07) is 16.7. The van der Waals surface area contributed by atoms with Gasteiger partial charge in [0.1, 0.15) is 0 Å². The van der Waals surface area contributed by atoms with Crippen LogP contribution in [0, 0.1) is 20.8 Å². The Morgan fingerprint density at radius 3 is 2.35 bits per heavy atom. The van der Waals surface area contributed by atoms with Crippen LogP contribution in [-0.4, -0.2) is 28.8 Å². The summed E-state index contributed by atoms with van der Waals surface area (Å²) in [6.07, 6.45) is 1.48. The zero-order valence-corrected chi connectivity index (χ0v) is 18.5. The van der Waals surface area contributed by atoms with Crippen LogP contribution in [0.4, 0.5) is 0 Å². The fraction of sp³-hybridized carbons (Fsp3) is 0.240. The predicted molar refractivity (Wildman–Crippen MR) is 122 cm³/mol. The van der Waals surface area contributed by atoms with Gasteiger partial charge >= 0.3 is 5.97 Å². The Morgan fingerprint density at radius 1 is 1.03 bits per heavy atom. The van der Waals surface area contributed by atoms with Gasteiger partial charge in [0.15, 0.2) is 0 Å². The van der Waals surface area contributed by atoms with Gasteiger partial charge in [-0.15, -0.1) is 0 Å². The first-order valence-electron chi connectivity index (χ1n) is 10.2. The molecule has 0 radical (unpaired) electrons. The number of hydrazone groups is 1. The van der Waals surface area contributed by atoms with E-state index >= 15 is 0 Å². The maximum absolute atomic E-state index is 12.3. The molecule has 0 aliphatic heterocycles. The summed E-state index contributed by atoms with van der Waals surface area (Å²) in [5.41, 5.74) is 8.42. The summed E-state index contributed by atoms with van der Waals surface area (Å²) in [5, 5.41) is 4.13. The summed E-state index contributed by atoms with van der Waals surface area (Å²) in [4.78, 5) is 24.4. The standard InChI is InChI=1S/C25H27N3O3/c1-16(2)31-25(30)20-10-12-22(13-11-20)28-18(4)14-21(19(28)5)15-26-27-24(29)23-9-7-6-8-17(23)3/h6-16H,1-5H3,(H,27,29)/b26-15-. The van der Waals surface area contributed by atoms with Crippen LogP contribution in [0.1, 0.15) is 57.1 Å². The molecule has 0 saturated carbocycles. The predicted octanol–water partition coefficient (Wildman–Crippen LogP) is 4.73. The summed E-state index contributed by atoms with van der Waals surface area (Å²) in [6.45, 7) is 9.52. The highest BCUT2D eigenvalue weighted by atomic mass is 16.5. The van der Waals surface area contributed by atoms with Crippen molar-refractivity contribution in [2.75, 3.05) is 0 Å². The van der Waals surface area contributed by atoms with Gasteiger partial charge in [-0.3, -0.25) is 4.79 Å². The van der Waals surface area contributed by atoms with Crippen molar-refractivity contribution in [2.24, 2.45) is 5.10 Å². The Balaban J connectivity index is 1.76. The largest absolute Gasteiger partial charge is 0.459 e. The third kappa shape index (κ3) is 5.09. The first kappa shape index (κ1) is 22.0. The Kier molecular flexibility index (Phi) is 6.70. The smallest absolute Gasteiger partial charge is 0.338 e. The van der Waals surface area contributed by atoms with Crippen molar-refractivity contribution >= 4 is 18.1 Å². The van der Waals surface area contributed by atoms with Gasteiger partial charge in [0, 0.05) is 28.2 Å². The number of benzene rings is 2. The van der Waals surface area contributed by atoms with Crippen LogP contribution in [0.5, 0.6) is 0 Å². The number of hydrogen-bond donors (Lipinski definition) is 1. The molecule has 0 saturated heterocycles. The van der Waals surface area contributed by atoms with Crippen molar-refractivity contribution in [3.05, 3.63) is 88.2 Å². The average Bonchev–Trinajstić information content (AvgIpc) is 3.01. The lowest BCUT2D eigenvalue weighted by atomic mass is 10.1.